The van der Waals surface area contributed by atoms with Crippen LogP contribution >= 0.6 is 11.8 Å². The molecular formula is C29H26N2O5S. The third-order valence-electron chi connectivity index (χ3n) is 5.24. The van der Waals surface area contributed by atoms with Crippen LogP contribution in [0.5, 0.6) is 23.0 Å². The van der Waals surface area contributed by atoms with Gasteiger partial charge in [0.2, 0.25) is 5.91 Å². The molecule has 188 valence electrons. The average Bonchev–Trinajstić information content (AvgIpc) is 2.94. The lowest BCUT2D eigenvalue weighted by Gasteiger charge is -2.10. The average molecular weight is 515 g/mol. The molecule has 0 spiro atoms. The first-order valence-electron chi connectivity index (χ1n) is 11.4. The second kappa shape index (κ2) is 12.5. The van der Waals surface area contributed by atoms with Crippen LogP contribution in [-0.4, -0.2) is 31.8 Å². The molecule has 0 aliphatic heterocycles. The Morgan fingerprint density at radius 3 is 2.00 bits per heavy atom. The number of hydrogen-bond acceptors (Lipinski definition) is 6. The molecule has 0 aromatic heterocycles. The van der Waals surface area contributed by atoms with Crippen molar-refractivity contribution in [2.75, 3.05) is 30.6 Å². The molecule has 0 unspecified atom stereocenters. The Bertz CT molecular complexity index is 1340. The molecule has 0 bridgehead atoms. The van der Waals surface area contributed by atoms with E-state index in [1.54, 1.807) is 49.6 Å². The van der Waals surface area contributed by atoms with Crippen LogP contribution in [0.25, 0.3) is 0 Å². The molecule has 0 atom stereocenters. The van der Waals surface area contributed by atoms with Crippen LogP contribution in [0.4, 0.5) is 11.4 Å². The number of methoxy groups -OCH3 is 2. The second-order valence-corrected chi connectivity index (χ2v) is 8.87. The first-order chi connectivity index (χ1) is 18.0. The normalized spacial score (nSPS) is 10.3. The number of rotatable bonds is 10. The molecule has 0 fully saturated rings. The van der Waals surface area contributed by atoms with Gasteiger partial charge in [-0.3, -0.25) is 9.59 Å². The number of ether oxygens (including phenoxy) is 3. The summed E-state index contributed by atoms with van der Waals surface area (Å²) >= 11 is 1.41. The standard InChI is InChI=1S/C29H26N2O5S/c1-34-26-17-8-20(18-27(26)35-2)29(33)31-22-11-15-25(16-12-22)37-19-28(32)30-21-9-13-24(14-10-21)36-23-6-4-3-5-7-23/h3-18H,19H2,1-2H3,(H,30,32)(H,31,33). The van der Waals surface area contributed by atoms with Gasteiger partial charge in [0.1, 0.15) is 11.5 Å². The van der Waals surface area contributed by atoms with Crippen molar-refractivity contribution in [3.05, 3.63) is 103 Å². The number of anilines is 2. The molecular weight excluding hydrogens is 488 g/mol. The van der Waals surface area contributed by atoms with Crippen molar-refractivity contribution in [1.29, 1.82) is 0 Å². The Balaban J connectivity index is 1.25. The van der Waals surface area contributed by atoms with E-state index in [4.69, 9.17) is 14.2 Å². The molecule has 4 rings (SSSR count). The summed E-state index contributed by atoms with van der Waals surface area (Å²) in [5.74, 6) is 2.35. The summed E-state index contributed by atoms with van der Waals surface area (Å²) in [4.78, 5) is 25.9. The molecule has 0 aliphatic rings. The van der Waals surface area contributed by atoms with E-state index < -0.39 is 0 Å². The Hall–Kier alpha value is -4.43. The van der Waals surface area contributed by atoms with Crippen LogP contribution in [0.1, 0.15) is 10.4 Å². The van der Waals surface area contributed by atoms with Crippen molar-refractivity contribution < 1.29 is 23.8 Å². The van der Waals surface area contributed by atoms with E-state index in [0.717, 1.165) is 10.6 Å². The Morgan fingerprint density at radius 1 is 0.703 bits per heavy atom. The van der Waals surface area contributed by atoms with Crippen molar-refractivity contribution in [2.45, 2.75) is 4.90 Å². The van der Waals surface area contributed by atoms with Crippen molar-refractivity contribution in [2.24, 2.45) is 0 Å². The number of benzene rings is 4. The summed E-state index contributed by atoms with van der Waals surface area (Å²) < 4.78 is 16.2. The number of nitrogens with one attached hydrogen (secondary N) is 2. The topological polar surface area (TPSA) is 85.9 Å². The summed E-state index contributed by atoms with van der Waals surface area (Å²) in [5.41, 5.74) is 1.79. The van der Waals surface area contributed by atoms with E-state index in [1.807, 2.05) is 54.6 Å². The zero-order valence-corrected chi connectivity index (χ0v) is 21.2. The quantitative estimate of drug-likeness (QED) is 0.236. The predicted molar refractivity (Wildman–Crippen MR) is 146 cm³/mol. The van der Waals surface area contributed by atoms with Crippen molar-refractivity contribution in [3.8, 4) is 23.0 Å². The van der Waals surface area contributed by atoms with Gasteiger partial charge in [-0.2, -0.15) is 0 Å². The SMILES string of the molecule is COc1ccc(C(=O)Nc2ccc(SCC(=O)Nc3ccc(Oc4ccccc4)cc3)cc2)cc1OC. The third-order valence-corrected chi connectivity index (χ3v) is 6.26. The van der Waals surface area contributed by atoms with Gasteiger partial charge in [-0.15, -0.1) is 11.8 Å². The molecule has 4 aromatic rings. The van der Waals surface area contributed by atoms with Gasteiger partial charge in [-0.25, -0.2) is 0 Å². The fourth-order valence-corrected chi connectivity index (χ4v) is 4.09. The van der Waals surface area contributed by atoms with E-state index in [1.165, 1.54) is 18.9 Å². The van der Waals surface area contributed by atoms with Crippen molar-refractivity contribution >= 4 is 35.0 Å². The zero-order valence-electron chi connectivity index (χ0n) is 20.4. The van der Waals surface area contributed by atoms with Crippen LogP contribution in [0.3, 0.4) is 0 Å². The summed E-state index contributed by atoms with van der Waals surface area (Å²) in [5, 5.41) is 5.74. The Labute approximate surface area is 219 Å². The summed E-state index contributed by atoms with van der Waals surface area (Å²) in [6.45, 7) is 0. The van der Waals surface area contributed by atoms with Gasteiger partial charge >= 0.3 is 0 Å². The molecule has 4 aromatic carbocycles. The van der Waals surface area contributed by atoms with Gasteiger partial charge < -0.3 is 24.8 Å². The fraction of sp³-hybridized carbons (Fsp3) is 0.103. The monoisotopic (exact) mass is 514 g/mol. The number of carbonyl (C=O) groups excluding carboxylic acids is 2. The van der Waals surface area contributed by atoms with Crippen LogP contribution < -0.4 is 24.8 Å². The highest BCUT2D eigenvalue weighted by atomic mass is 32.2. The maximum Gasteiger partial charge on any atom is 0.255 e. The van der Waals surface area contributed by atoms with Crippen molar-refractivity contribution in [3.63, 3.8) is 0 Å². The number of para-hydroxylation sites is 1. The lowest BCUT2D eigenvalue weighted by atomic mass is 10.2. The first-order valence-corrected chi connectivity index (χ1v) is 12.4. The van der Waals surface area contributed by atoms with E-state index in [0.29, 0.717) is 34.2 Å². The molecule has 0 heterocycles. The number of amides is 2. The molecule has 0 radical (unpaired) electrons. The first kappa shape index (κ1) is 25.7. The largest absolute Gasteiger partial charge is 0.493 e. The Kier molecular flexibility index (Phi) is 8.67. The lowest BCUT2D eigenvalue weighted by Crippen LogP contribution is -2.14. The molecule has 8 heteroatoms. The summed E-state index contributed by atoms with van der Waals surface area (Å²) in [6.07, 6.45) is 0. The molecule has 7 nitrogen and oxygen atoms in total. The molecule has 2 amide bonds. The van der Waals surface area contributed by atoms with Crippen LogP contribution in [0, 0.1) is 0 Å². The number of carbonyl (C=O) groups is 2. The highest BCUT2D eigenvalue weighted by Gasteiger charge is 2.11. The van der Waals surface area contributed by atoms with Gasteiger partial charge in [-0.1, -0.05) is 18.2 Å². The maximum absolute atomic E-state index is 12.6. The predicted octanol–water partition coefficient (Wildman–Crippen LogP) is 6.48. The minimum absolute atomic E-state index is 0.118. The molecule has 37 heavy (non-hydrogen) atoms. The fourth-order valence-electron chi connectivity index (χ4n) is 3.39. The van der Waals surface area contributed by atoms with Crippen LogP contribution in [0.2, 0.25) is 0 Å². The summed E-state index contributed by atoms with van der Waals surface area (Å²) in [7, 11) is 3.06. The highest BCUT2D eigenvalue weighted by Crippen LogP contribution is 2.28. The van der Waals surface area contributed by atoms with E-state index in [2.05, 4.69) is 10.6 Å². The second-order valence-electron chi connectivity index (χ2n) is 7.82. The molecule has 0 aliphatic carbocycles. The minimum Gasteiger partial charge on any atom is -0.493 e. The third kappa shape index (κ3) is 7.28. The van der Waals surface area contributed by atoms with Crippen LogP contribution in [-0.2, 0) is 4.79 Å². The molecule has 2 N–H and O–H groups in total. The van der Waals surface area contributed by atoms with E-state index >= 15 is 0 Å². The number of thioether (sulfide) groups is 1. The van der Waals surface area contributed by atoms with Gasteiger partial charge in [0.05, 0.1) is 20.0 Å². The van der Waals surface area contributed by atoms with E-state index in [-0.39, 0.29) is 17.6 Å². The highest BCUT2D eigenvalue weighted by molar-refractivity contribution is 8.00. The maximum atomic E-state index is 12.6. The molecule has 0 saturated heterocycles. The van der Waals surface area contributed by atoms with E-state index in [9.17, 15) is 9.59 Å². The van der Waals surface area contributed by atoms with Gasteiger partial charge in [0.15, 0.2) is 11.5 Å². The molecule has 0 saturated carbocycles. The van der Waals surface area contributed by atoms with Crippen molar-refractivity contribution in [1.82, 2.24) is 0 Å². The minimum atomic E-state index is -0.263. The lowest BCUT2D eigenvalue weighted by molar-refractivity contribution is -0.113. The zero-order chi connectivity index (χ0) is 26.0. The van der Waals surface area contributed by atoms with Gasteiger partial charge in [0.25, 0.3) is 5.91 Å². The number of hydrogen-bond donors (Lipinski definition) is 2. The Morgan fingerprint density at radius 2 is 1.32 bits per heavy atom. The van der Waals surface area contributed by atoms with Gasteiger partial charge in [-0.05, 0) is 78.9 Å². The summed E-state index contributed by atoms with van der Waals surface area (Å²) in [6, 6.07) is 29.0. The smallest absolute Gasteiger partial charge is 0.255 e. The van der Waals surface area contributed by atoms with Gasteiger partial charge in [0, 0.05) is 21.8 Å². The van der Waals surface area contributed by atoms with Crippen LogP contribution in [0.15, 0.2) is 102 Å².